The van der Waals surface area contributed by atoms with E-state index in [0.29, 0.717) is 9.99 Å². The van der Waals surface area contributed by atoms with Gasteiger partial charge in [0.2, 0.25) is 0 Å². The zero-order valence-electron chi connectivity index (χ0n) is 7.15. The summed E-state index contributed by atoms with van der Waals surface area (Å²) in [6, 6.07) is 1.64. The third-order valence-electron chi connectivity index (χ3n) is 1.84. The van der Waals surface area contributed by atoms with Gasteiger partial charge in [0.15, 0.2) is 5.52 Å². The highest BCUT2D eigenvalue weighted by Gasteiger charge is 2.07. The topological polar surface area (TPSA) is 65.1 Å². The van der Waals surface area contributed by atoms with Gasteiger partial charge in [0, 0.05) is 17.7 Å². The first-order valence-electron chi connectivity index (χ1n) is 3.75. The van der Waals surface area contributed by atoms with Crippen molar-refractivity contribution in [1.29, 1.82) is 0 Å². The maximum atomic E-state index is 11.2. The minimum Gasteiger partial charge on any atom is -0.371 e. The molecule has 0 atom stereocenters. The number of hydrogen-bond acceptors (Lipinski definition) is 4. The number of nitrogens with zero attached hydrogens (tertiary/aromatic N) is 2. The van der Waals surface area contributed by atoms with Gasteiger partial charge in [-0.1, -0.05) is 0 Å². The van der Waals surface area contributed by atoms with Gasteiger partial charge in [0.25, 0.3) is 0 Å². The lowest BCUT2D eigenvalue weighted by Gasteiger charge is -2.00. The number of aryl methyl sites for hydroxylation is 1. The fraction of sp³-hybridized carbons (Fsp3) is 0.125. The van der Waals surface area contributed by atoms with Crippen molar-refractivity contribution in [1.82, 2.24) is 9.55 Å². The van der Waals surface area contributed by atoms with E-state index in [4.69, 9.17) is 0 Å². The first kappa shape index (κ1) is 9.14. The van der Waals surface area contributed by atoms with Crippen molar-refractivity contribution in [3.8, 4) is 0 Å². The van der Waals surface area contributed by atoms with Crippen LogP contribution < -0.4 is 11.4 Å². The molecule has 0 saturated heterocycles. The number of halogens is 1. The van der Waals surface area contributed by atoms with Crippen molar-refractivity contribution in [2.75, 3.05) is 0 Å². The van der Waals surface area contributed by atoms with Crippen LogP contribution in [0.3, 0.4) is 0 Å². The van der Waals surface area contributed by atoms with Crippen molar-refractivity contribution < 1.29 is 4.42 Å². The molecule has 0 fully saturated rings. The molecule has 0 saturated carbocycles. The lowest BCUT2D eigenvalue weighted by atomic mass is 10.4. The Balaban J connectivity index is 3.11. The molecule has 0 amide bonds. The van der Waals surface area contributed by atoms with Crippen LogP contribution in [0.4, 0.5) is 0 Å². The Morgan fingerprint density at radius 2 is 2.21 bits per heavy atom. The second-order valence-corrected chi connectivity index (χ2v) is 3.65. The highest BCUT2D eigenvalue weighted by Crippen LogP contribution is 2.12. The Hall–Kier alpha value is -1.43. The lowest BCUT2D eigenvalue weighted by Crippen LogP contribution is -2.22. The summed E-state index contributed by atoms with van der Waals surface area (Å²) in [6.45, 7) is 0. The highest BCUT2D eigenvalue weighted by molar-refractivity contribution is 9.10. The molecule has 6 heteroatoms. The zero-order chi connectivity index (χ0) is 10.3. The van der Waals surface area contributed by atoms with Crippen LogP contribution in [0.2, 0.25) is 0 Å². The molecule has 0 unspecified atom stereocenters. The highest BCUT2D eigenvalue weighted by atomic mass is 79.9. The van der Waals surface area contributed by atoms with E-state index in [0.717, 1.165) is 0 Å². The van der Waals surface area contributed by atoms with Crippen molar-refractivity contribution in [3.63, 3.8) is 0 Å². The molecule has 0 spiro atoms. The molecule has 2 heterocycles. The molecule has 72 valence electrons. The molecule has 0 aliphatic rings. The largest absolute Gasteiger partial charge is 0.422 e. The Labute approximate surface area is 86.1 Å². The van der Waals surface area contributed by atoms with E-state index < -0.39 is 11.4 Å². The van der Waals surface area contributed by atoms with Gasteiger partial charge in [-0.15, -0.1) is 0 Å². The number of aromatic nitrogens is 2. The van der Waals surface area contributed by atoms with Gasteiger partial charge in [-0.2, -0.15) is 0 Å². The first-order chi connectivity index (χ1) is 6.59. The van der Waals surface area contributed by atoms with Crippen molar-refractivity contribution in [3.05, 3.63) is 37.7 Å². The second-order valence-electron chi connectivity index (χ2n) is 2.74. The van der Waals surface area contributed by atoms with Gasteiger partial charge in [-0.3, -0.25) is 4.57 Å². The van der Waals surface area contributed by atoms with E-state index in [1.54, 1.807) is 6.07 Å². The quantitative estimate of drug-likeness (QED) is 0.695. The van der Waals surface area contributed by atoms with Crippen LogP contribution in [0.15, 0.2) is 30.7 Å². The minimum absolute atomic E-state index is 0.148. The van der Waals surface area contributed by atoms with Crippen LogP contribution in [0, 0.1) is 0 Å². The van der Waals surface area contributed by atoms with Gasteiger partial charge in [-0.05, 0) is 22.0 Å². The van der Waals surface area contributed by atoms with E-state index in [-0.39, 0.29) is 5.52 Å². The maximum Gasteiger partial charge on any atom is 0.422 e. The Kier molecular flexibility index (Phi) is 1.99. The molecule has 0 radical (unpaired) electrons. The first-order valence-corrected chi connectivity index (χ1v) is 4.54. The number of rotatable bonds is 0. The molecule has 5 nitrogen and oxygen atoms in total. The number of pyridine rings is 1. The molecule has 0 bridgehead atoms. The summed E-state index contributed by atoms with van der Waals surface area (Å²) in [6.07, 6.45) is 1.48. The molecule has 0 N–H and O–H groups in total. The predicted molar refractivity (Wildman–Crippen MR) is 53.2 cm³/mol. The fourth-order valence-electron chi connectivity index (χ4n) is 1.14. The molecule has 2 aromatic heterocycles. The van der Waals surface area contributed by atoms with Crippen LogP contribution in [0.1, 0.15) is 0 Å². The summed E-state index contributed by atoms with van der Waals surface area (Å²) in [7, 11) is 1.52. The second kappa shape index (κ2) is 3.06. The average molecular weight is 257 g/mol. The monoisotopic (exact) mass is 256 g/mol. The minimum atomic E-state index is -0.712. The molecular weight excluding hydrogens is 252 g/mol. The van der Waals surface area contributed by atoms with Gasteiger partial charge in [-0.25, -0.2) is 14.6 Å². The van der Waals surface area contributed by atoms with Gasteiger partial charge in [0.05, 0.1) is 5.52 Å². The van der Waals surface area contributed by atoms with Crippen molar-refractivity contribution >= 4 is 27.0 Å². The average Bonchev–Trinajstić information content (AvgIpc) is 2.14. The van der Waals surface area contributed by atoms with Crippen LogP contribution in [0.25, 0.3) is 11.0 Å². The fourth-order valence-corrected chi connectivity index (χ4v) is 1.46. The van der Waals surface area contributed by atoms with E-state index in [1.165, 1.54) is 17.8 Å². The summed E-state index contributed by atoms with van der Waals surface area (Å²) in [5.74, 6) is -0.692. The summed E-state index contributed by atoms with van der Waals surface area (Å²) < 4.78 is 6.37. The molecular formula is C8H5BrN2O3. The van der Waals surface area contributed by atoms with Crippen LogP contribution in [-0.2, 0) is 7.05 Å². The number of hydrogen-bond donors (Lipinski definition) is 0. The Bertz CT molecular complexity index is 614. The summed E-state index contributed by atoms with van der Waals surface area (Å²) >= 11 is 3.21. The molecule has 0 aromatic carbocycles. The van der Waals surface area contributed by atoms with E-state index in [2.05, 4.69) is 25.3 Å². The molecule has 0 aliphatic carbocycles. The summed E-state index contributed by atoms with van der Waals surface area (Å²) in [4.78, 5) is 26.2. The normalized spacial score (nSPS) is 10.7. The van der Waals surface area contributed by atoms with Gasteiger partial charge < -0.3 is 4.42 Å². The predicted octanol–water partition coefficient (Wildman–Crippen LogP) is 0.649. The van der Waals surface area contributed by atoms with E-state index >= 15 is 0 Å². The summed E-state index contributed by atoms with van der Waals surface area (Å²) in [5, 5.41) is 0. The van der Waals surface area contributed by atoms with Crippen LogP contribution in [0.5, 0.6) is 0 Å². The van der Waals surface area contributed by atoms with Gasteiger partial charge in [0.1, 0.15) is 0 Å². The Morgan fingerprint density at radius 3 is 2.93 bits per heavy atom. The van der Waals surface area contributed by atoms with Gasteiger partial charge >= 0.3 is 11.4 Å². The third-order valence-corrected chi connectivity index (χ3v) is 2.28. The third kappa shape index (κ3) is 1.27. The Morgan fingerprint density at radius 1 is 1.50 bits per heavy atom. The molecule has 2 rings (SSSR count). The standard InChI is InChI=1S/C8H5BrN2O3/c1-11-5-2-4(9)3-10-6(5)7(12)14-8(11)13/h2-3H,1H3. The number of fused-ring (bicyclic) bond motifs is 1. The molecule has 2 aromatic rings. The maximum absolute atomic E-state index is 11.2. The smallest absolute Gasteiger partial charge is 0.371 e. The van der Waals surface area contributed by atoms with Crippen molar-refractivity contribution in [2.45, 2.75) is 0 Å². The lowest BCUT2D eigenvalue weighted by molar-refractivity contribution is 0.431. The zero-order valence-corrected chi connectivity index (χ0v) is 8.74. The van der Waals surface area contributed by atoms with Crippen LogP contribution >= 0.6 is 15.9 Å². The SMILES string of the molecule is Cn1c(=O)oc(=O)c2ncc(Br)cc21. The summed E-state index contributed by atoms with van der Waals surface area (Å²) in [5.41, 5.74) is -0.119. The van der Waals surface area contributed by atoms with E-state index in [1.807, 2.05) is 0 Å². The van der Waals surface area contributed by atoms with E-state index in [9.17, 15) is 9.59 Å². The molecule has 14 heavy (non-hydrogen) atoms. The van der Waals surface area contributed by atoms with Crippen LogP contribution in [-0.4, -0.2) is 9.55 Å². The molecule has 0 aliphatic heterocycles. The van der Waals surface area contributed by atoms with Crippen molar-refractivity contribution in [2.24, 2.45) is 7.05 Å².